The Morgan fingerprint density at radius 1 is 1.26 bits per heavy atom. The van der Waals surface area contributed by atoms with E-state index >= 15 is 0 Å². The number of nitrogens with zero attached hydrogens (tertiary/aromatic N) is 2. The van der Waals surface area contributed by atoms with Crippen molar-refractivity contribution in [3.63, 3.8) is 0 Å². The molecule has 0 saturated heterocycles. The molecule has 0 aliphatic heterocycles. The number of hydrogen-bond donors (Lipinski definition) is 1. The van der Waals surface area contributed by atoms with Crippen molar-refractivity contribution >= 4 is 6.01 Å². The highest BCUT2D eigenvalue weighted by molar-refractivity contribution is 5.34. The van der Waals surface area contributed by atoms with Crippen molar-refractivity contribution in [2.24, 2.45) is 23.5 Å². The third kappa shape index (κ3) is 1.72. The molecule has 104 valence electrons. The lowest BCUT2D eigenvalue weighted by atomic mass is 9.52. The van der Waals surface area contributed by atoms with Crippen molar-refractivity contribution in [2.45, 2.75) is 50.6 Å². The molecule has 4 fully saturated rings. The molecule has 4 heteroatoms. The van der Waals surface area contributed by atoms with Gasteiger partial charge >= 0.3 is 0 Å². The Kier molecular flexibility index (Phi) is 2.47. The smallest absolute Gasteiger partial charge is 0.297 e. The average molecular weight is 261 g/mol. The van der Waals surface area contributed by atoms with Gasteiger partial charge in [-0.25, -0.2) is 0 Å². The summed E-state index contributed by atoms with van der Waals surface area (Å²) >= 11 is 0. The highest BCUT2D eigenvalue weighted by atomic mass is 16.4. The quantitative estimate of drug-likeness (QED) is 0.908. The molecule has 0 spiro atoms. The van der Waals surface area contributed by atoms with Gasteiger partial charge in [-0.2, -0.15) is 4.98 Å². The first-order valence-corrected chi connectivity index (χ1v) is 7.57. The van der Waals surface area contributed by atoms with E-state index in [-0.39, 0.29) is 0 Å². The van der Waals surface area contributed by atoms with Crippen LogP contribution >= 0.6 is 0 Å². The third-order valence-corrected chi connectivity index (χ3v) is 5.75. The maximum absolute atomic E-state index is 5.64. The summed E-state index contributed by atoms with van der Waals surface area (Å²) in [5.74, 6) is 2.83. The average Bonchev–Trinajstić information content (AvgIpc) is 2.84. The molecular formula is C15H23N3O. The molecule has 2 N–H and O–H groups in total. The lowest BCUT2D eigenvalue weighted by Gasteiger charge is -2.59. The summed E-state index contributed by atoms with van der Waals surface area (Å²) in [6.07, 6.45) is 10.1. The Hall–Kier alpha value is -1.03. The van der Waals surface area contributed by atoms with Crippen molar-refractivity contribution in [2.75, 3.05) is 11.9 Å². The first-order valence-electron chi connectivity index (χ1n) is 7.57. The van der Waals surface area contributed by atoms with Crippen LogP contribution in [0.15, 0.2) is 10.7 Å². The molecule has 0 radical (unpaired) electrons. The number of rotatable bonds is 3. The molecule has 0 aromatic carbocycles. The molecule has 0 atom stereocenters. The number of nitrogens with two attached hydrogens (primary N) is 1. The minimum atomic E-state index is 0.311. The van der Waals surface area contributed by atoms with Crippen molar-refractivity contribution in [3.05, 3.63) is 12.0 Å². The number of anilines is 1. The van der Waals surface area contributed by atoms with Gasteiger partial charge in [0.15, 0.2) is 0 Å². The van der Waals surface area contributed by atoms with Crippen LogP contribution in [0, 0.1) is 17.8 Å². The van der Waals surface area contributed by atoms with Gasteiger partial charge in [-0.3, -0.25) is 0 Å². The molecule has 1 aromatic heterocycles. The molecule has 0 unspecified atom stereocenters. The summed E-state index contributed by atoms with van der Waals surface area (Å²) in [4.78, 5) is 6.85. The maximum atomic E-state index is 5.64. The lowest BCUT2D eigenvalue weighted by Crippen LogP contribution is -2.59. The van der Waals surface area contributed by atoms with Crippen LogP contribution in [0.3, 0.4) is 0 Å². The summed E-state index contributed by atoms with van der Waals surface area (Å²) < 4.78 is 5.64. The van der Waals surface area contributed by atoms with E-state index in [2.05, 4.69) is 16.9 Å². The van der Waals surface area contributed by atoms with Crippen LogP contribution in [0.5, 0.6) is 0 Å². The molecule has 4 saturated carbocycles. The minimum absolute atomic E-state index is 0.311. The summed E-state index contributed by atoms with van der Waals surface area (Å²) in [5.41, 5.74) is 6.79. The van der Waals surface area contributed by atoms with Crippen LogP contribution < -0.4 is 10.6 Å². The summed E-state index contributed by atoms with van der Waals surface area (Å²) in [6.45, 7) is 0.457. The molecule has 19 heavy (non-hydrogen) atoms. The standard InChI is InChI=1S/C15H23N3O/c1-18(14-17-13(8-16)9-19-14)15-5-10-2-11(6-15)4-12(3-10)7-15/h9-12H,2-8,16H2,1H3. The van der Waals surface area contributed by atoms with Gasteiger partial charge in [-0.05, 0) is 56.3 Å². The van der Waals surface area contributed by atoms with E-state index in [4.69, 9.17) is 10.2 Å². The second-order valence-electron chi connectivity index (χ2n) is 7.03. The predicted molar refractivity (Wildman–Crippen MR) is 73.7 cm³/mol. The summed E-state index contributed by atoms with van der Waals surface area (Å²) in [7, 11) is 2.17. The lowest BCUT2D eigenvalue weighted by molar-refractivity contribution is -0.00376. The zero-order valence-corrected chi connectivity index (χ0v) is 11.6. The fourth-order valence-electron chi connectivity index (χ4n) is 5.22. The number of hydrogen-bond acceptors (Lipinski definition) is 4. The van der Waals surface area contributed by atoms with E-state index in [1.165, 1.54) is 38.5 Å². The minimum Gasteiger partial charge on any atom is -0.432 e. The van der Waals surface area contributed by atoms with Gasteiger partial charge in [0.2, 0.25) is 0 Å². The van der Waals surface area contributed by atoms with Crippen LogP contribution in [-0.4, -0.2) is 17.6 Å². The van der Waals surface area contributed by atoms with Crippen molar-refractivity contribution in [3.8, 4) is 0 Å². The van der Waals surface area contributed by atoms with Crippen LogP contribution in [0.4, 0.5) is 6.01 Å². The molecule has 4 aliphatic carbocycles. The SMILES string of the molecule is CN(c1nc(CN)co1)C12CC3CC(CC(C3)C1)C2. The largest absolute Gasteiger partial charge is 0.432 e. The number of aromatic nitrogens is 1. The van der Waals surface area contributed by atoms with Crippen molar-refractivity contribution < 1.29 is 4.42 Å². The Morgan fingerprint density at radius 2 is 1.84 bits per heavy atom. The third-order valence-electron chi connectivity index (χ3n) is 5.75. The van der Waals surface area contributed by atoms with Gasteiger partial charge in [-0.1, -0.05) is 0 Å². The molecule has 1 heterocycles. The molecule has 0 amide bonds. The Balaban J connectivity index is 1.63. The second-order valence-corrected chi connectivity index (χ2v) is 7.03. The van der Waals surface area contributed by atoms with Gasteiger partial charge in [0.25, 0.3) is 6.01 Å². The highest BCUT2D eigenvalue weighted by Crippen LogP contribution is 2.57. The molecule has 5 rings (SSSR count). The molecule has 1 aromatic rings. The Bertz CT molecular complexity index is 446. The molecular weight excluding hydrogens is 238 g/mol. The van der Waals surface area contributed by atoms with E-state index in [1.807, 2.05) is 0 Å². The van der Waals surface area contributed by atoms with Gasteiger partial charge < -0.3 is 15.1 Å². The fourth-order valence-corrected chi connectivity index (χ4v) is 5.22. The van der Waals surface area contributed by atoms with E-state index < -0.39 is 0 Å². The molecule has 4 nitrogen and oxygen atoms in total. The van der Waals surface area contributed by atoms with E-state index in [9.17, 15) is 0 Å². The van der Waals surface area contributed by atoms with Crippen molar-refractivity contribution in [1.29, 1.82) is 0 Å². The van der Waals surface area contributed by atoms with E-state index in [1.54, 1.807) is 6.26 Å². The maximum Gasteiger partial charge on any atom is 0.297 e. The number of oxazole rings is 1. The Labute approximate surface area is 114 Å². The molecule has 4 aliphatic rings. The first kappa shape index (κ1) is 11.8. The summed E-state index contributed by atoms with van der Waals surface area (Å²) in [5, 5.41) is 0. The topological polar surface area (TPSA) is 55.3 Å². The normalized spacial score (nSPS) is 39.8. The Morgan fingerprint density at radius 3 is 2.32 bits per heavy atom. The highest BCUT2D eigenvalue weighted by Gasteiger charge is 2.53. The zero-order chi connectivity index (χ0) is 13.0. The van der Waals surface area contributed by atoms with Crippen LogP contribution in [-0.2, 0) is 6.54 Å². The first-order chi connectivity index (χ1) is 9.18. The van der Waals surface area contributed by atoms with Gasteiger partial charge in [0.05, 0.1) is 5.69 Å². The molecule has 4 bridgehead atoms. The second kappa shape index (κ2) is 3.98. The van der Waals surface area contributed by atoms with Gasteiger partial charge in [-0.15, -0.1) is 0 Å². The summed E-state index contributed by atoms with van der Waals surface area (Å²) in [6, 6.07) is 0.766. The van der Waals surface area contributed by atoms with Crippen LogP contribution in [0.25, 0.3) is 0 Å². The monoisotopic (exact) mass is 261 g/mol. The van der Waals surface area contributed by atoms with Gasteiger partial charge in [0.1, 0.15) is 6.26 Å². The van der Waals surface area contributed by atoms with E-state index in [0.29, 0.717) is 12.1 Å². The van der Waals surface area contributed by atoms with Crippen LogP contribution in [0.1, 0.15) is 44.2 Å². The van der Waals surface area contributed by atoms with E-state index in [0.717, 1.165) is 29.5 Å². The van der Waals surface area contributed by atoms with Crippen LogP contribution in [0.2, 0.25) is 0 Å². The predicted octanol–water partition coefficient (Wildman–Crippen LogP) is 2.54. The fraction of sp³-hybridized carbons (Fsp3) is 0.800. The van der Waals surface area contributed by atoms with Crippen molar-refractivity contribution in [1.82, 2.24) is 4.98 Å². The van der Waals surface area contributed by atoms with Gasteiger partial charge in [0, 0.05) is 19.1 Å². The zero-order valence-electron chi connectivity index (χ0n) is 11.6.